The monoisotopic (exact) mass is 467 g/mol. The fourth-order valence-electron chi connectivity index (χ4n) is 2.94. The van der Waals surface area contributed by atoms with E-state index in [-0.39, 0.29) is 24.1 Å². The van der Waals surface area contributed by atoms with Crippen molar-refractivity contribution in [2.24, 2.45) is 7.05 Å². The predicted octanol–water partition coefficient (Wildman–Crippen LogP) is 2.96. The maximum Gasteiger partial charge on any atom is 0.338 e. The summed E-state index contributed by atoms with van der Waals surface area (Å²) in [5.41, 5.74) is 2.50. The van der Waals surface area contributed by atoms with Crippen LogP contribution in [0.25, 0.3) is 0 Å². The lowest BCUT2D eigenvalue weighted by atomic mass is 10.1. The highest BCUT2D eigenvalue weighted by molar-refractivity contribution is 7.99. The number of carbonyl (C=O) groups excluding carboxylic acids is 3. The molecule has 0 radical (unpaired) electrons. The van der Waals surface area contributed by atoms with E-state index in [4.69, 9.17) is 4.74 Å². The van der Waals surface area contributed by atoms with Gasteiger partial charge in [0.1, 0.15) is 0 Å². The van der Waals surface area contributed by atoms with Crippen LogP contribution in [0.3, 0.4) is 0 Å². The first-order chi connectivity index (χ1) is 15.9. The normalized spacial score (nSPS) is 10.5. The summed E-state index contributed by atoms with van der Waals surface area (Å²) in [5, 5.41) is 14.4. The van der Waals surface area contributed by atoms with E-state index < -0.39 is 5.97 Å². The molecule has 1 aromatic heterocycles. The highest BCUT2D eigenvalue weighted by Crippen LogP contribution is 2.17. The first-order valence-electron chi connectivity index (χ1n) is 10.3. The molecule has 3 aromatic rings. The van der Waals surface area contributed by atoms with Crippen LogP contribution in [-0.4, -0.2) is 44.9 Å². The van der Waals surface area contributed by atoms with Crippen molar-refractivity contribution in [1.82, 2.24) is 20.1 Å². The molecule has 0 saturated carbocycles. The lowest BCUT2D eigenvalue weighted by molar-refractivity contribution is -0.113. The molecule has 0 unspecified atom stereocenters. The molecule has 10 heteroatoms. The first kappa shape index (κ1) is 24.0. The van der Waals surface area contributed by atoms with Gasteiger partial charge >= 0.3 is 5.97 Å². The Hall–Kier alpha value is -3.66. The predicted molar refractivity (Wildman–Crippen MR) is 125 cm³/mol. The minimum atomic E-state index is -0.404. The average Bonchev–Trinajstić information content (AvgIpc) is 3.16. The van der Waals surface area contributed by atoms with Crippen LogP contribution in [-0.2, 0) is 23.1 Å². The van der Waals surface area contributed by atoms with Crippen LogP contribution in [0.15, 0.2) is 53.7 Å². The molecular formula is C23H25N5O4S. The number of carbonyl (C=O) groups is 3. The number of benzene rings is 2. The number of aryl methyl sites for hydroxylation is 1. The zero-order valence-electron chi connectivity index (χ0n) is 18.6. The summed E-state index contributed by atoms with van der Waals surface area (Å²) in [7, 11) is 1.78. The maximum absolute atomic E-state index is 12.4. The Morgan fingerprint density at radius 1 is 1.06 bits per heavy atom. The molecule has 0 saturated heterocycles. The summed E-state index contributed by atoms with van der Waals surface area (Å²) < 4.78 is 6.68. The number of rotatable bonds is 9. The minimum Gasteiger partial charge on any atom is -0.462 e. The Morgan fingerprint density at radius 2 is 1.79 bits per heavy atom. The Kier molecular flexibility index (Phi) is 8.20. The molecular weight excluding hydrogens is 442 g/mol. The summed E-state index contributed by atoms with van der Waals surface area (Å²) in [4.78, 5) is 36.4. The molecule has 0 spiro atoms. The Labute approximate surface area is 195 Å². The van der Waals surface area contributed by atoms with Gasteiger partial charge in [-0.15, -0.1) is 10.2 Å². The van der Waals surface area contributed by atoms with Crippen LogP contribution in [0, 0.1) is 6.92 Å². The first-order valence-corrected chi connectivity index (χ1v) is 11.3. The van der Waals surface area contributed by atoms with Crippen LogP contribution >= 0.6 is 11.8 Å². The number of ether oxygens (including phenoxy) is 1. The van der Waals surface area contributed by atoms with Gasteiger partial charge in [0.2, 0.25) is 5.91 Å². The SMILES string of the molecule is CCOC(=O)c1ccc(NC(=O)CSc2nnc(CNC(=O)c3ccccc3C)n2C)cc1. The molecule has 33 heavy (non-hydrogen) atoms. The molecule has 0 aliphatic carbocycles. The quantitative estimate of drug-likeness (QED) is 0.367. The Morgan fingerprint density at radius 3 is 2.48 bits per heavy atom. The van der Waals surface area contributed by atoms with Gasteiger partial charge < -0.3 is 19.9 Å². The Balaban J connectivity index is 1.50. The zero-order valence-corrected chi connectivity index (χ0v) is 19.4. The number of amides is 2. The average molecular weight is 468 g/mol. The van der Waals surface area contributed by atoms with Crippen molar-refractivity contribution < 1.29 is 19.1 Å². The third-order valence-corrected chi connectivity index (χ3v) is 5.75. The molecule has 9 nitrogen and oxygen atoms in total. The topological polar surface area (TPSA) is 115 Å². The lowest BCUT2D eigenvalue weighted by Crippen LogP contribution is -2.25. The molecule has 0 atom stereocenters. The molecule has 3 rings (SSSR count). The number of nitrogens with zero attached hydrogens (tertiary/aromatic N) is 3. The van der Waals surface area contributed by atoms with Gasteiger partial charge in [0.25, 0.3) is 5.91 Å². The number of hydrogen-bond acceptors (Lipinski definition) is 7. The molecule has 2 amide bonds. The van der Waals surface area contributed by atoms with Crippen molar-refractivity contribution in [2.75, 3.05) is 17.7 Å². The van der Waals surface area contributed by atoms with E-state index >= 15 is 0 Å². The van der Waals surface area contributed by atoms with Gasteiger partial charge in [0, 0.05) is 18.3 Å². The van der Waals surface area contributed by atoms with Crippen molar-refractivity contribution in [1.29, 1.82) is 0 Å². The van der Waals surface area contributed by atoms with Gasteiger partial charge in [-0.2, -0.15) is 0 Å². The Bertz CT molecular complexity index is 1140. The van der Waals surface area contributed by atoms with Crippen LogP contribution in [0.2, 0.25) is 0 Å². The molecule has 0 aliphatic rings. The van der Waals surface area contributed by atoms with E-state index in [9.17, 15) is 14.4 Å². The van der Waals surface area contributed by atoms with Gasteiger partial charge in [0.15, 0.2) is 11.0 Å². The fraction of sp³-hybridized carbons (Fsp3) is 0.261. The molecule has 2 N–H and O–H groups in total. The van der Waals surface area contributed by atoms with Gasteiger partial charge in [-0.25, -0.2) is 4.79 Å². The van der Waals surface area contributed by atoms with E-state index in [0.717, 1.165) is 5.56 Å². The minimum absolute atomic E-state index is 0.126. The second-order valence-electron chi connectivity index (χ2n) is 7.09. The standard InChI is InChI=1S/C23H25N5O4S/c1-4-32-22(31)16-9-11-17(12-10-16)25-20(29)14-33-23-27-26-19(28(23)3)13-24-21(30)18-8-6-5-7-15(18)2/h5-12H,4,13-14H2,1-3H3,(H,24,30)(H,25,29). The van der Waals surface area contributed by atoms with E-state index in [0.29, 0.717) is 34.4 Å². The van der Waals surface area contributed by atoms with Gasteiger partial charge in [0.05, 0.1) is 24.5 Å². The van der Waals surface area contributed by atoms with E-state index in [2.05, 4.69) is 20.8 Å². The third-order valence-electron chi connectivity index (χ3n) is 4.73. The van der Waals surface area contributed by atoms with Crippen molar-refractivity contribution >= 4 is 35.2 Å². The second-order valence-corrected chi connectivity index (χ2v) is 8.03. The van der Waals surface area contributed by atoms with Crippen molar-refractivity contribution in [3.63, 3.8) is 0 Å². The fourth-order valence-corrected chi connectivity index (χ4v) is 3.67. The molecule has 172 valence electrons. The van der Waals surface area contributed by atoms with Crippen LogP contribution in [0.4, 0.5) is 5.69 Å². The highest BCUT2D eigenvalue weighted by atomic mass is 32.2. The summed E-state index contributed by atoms with van der Waals surface area (Å²) in [6, 6.07) is 13.8. The maximum atomic E-state index is 12.4. The molecule has 2 aromatic carbocycles. The molecule has 0 bridgehead atoms. The number of nitrogens with one attached hydrogen (secondary N) is 2. The third kappa shape index (κ3) is 6.42. The van der Waals surface area contributed by atoms with Gasteiger partial charge in [-0.05, 0) is 49.7 Å². The molecule has 0 aliphatic heterocycles. The van der Waals surface area contributed by atoms with E-state index in [1.807, 2.05) is 25.1 Å². The zero-order chi connectivity index (χ0) is 23.8. The number of hydrogen-bond donors (Lipinski definition) is 2. The highest BCUT2D eigenvalue weighted by Gasteiger charge is 2.14. The van der Waals surface area contributed by atoms with Crippen LogP contribution in [0.1, 0.15) is 39.0 Å². The molecule has 1 heterocycles. The van der Waals surface area contributed by atoms with Crippen LogP contribution in [0.5, 0.6) is 0 Å². The lowest BCUT2D eigenvalue weighted by Gasteiger charge is -2.08. The van der Waals surface area contributed by atoms with E-state index in [1.165, 1.54) is 11.8 Å². The van der Waals surface area contributed by atoms with Crippen molar-refractivity contribution in [2.45, 2.75) is 25.5 Å². The van der Waals surface area contributed by atoms with Gasteiger partial charge in [-0.3, -0.25) is 9.59 Å². The van der Waals surface area contributed by atoms with Crippen molar-refractivity contribution in [3.8, 4) is 0 Å². The second kappa shape index (κ2) is 11.3. The number of esters is 1. The van der Waals surface area contributed by atoms with Crippen LogP contribution < -0.4 is 10.6 Å². The summed E-state index contributed by atoms with van der Waals surface area (Å²) in [6.45, 7) is 4.14. The largest absolute Gasteiger partial charge is 0.462 e. The van der Waals surface area contributed by atoms with E-state index in [1.54, 1.807) is 48.9 Å². The summed E-state index contributed by atoms with van der Waals surface area (Å²) in [6.07, 6.45) is 0. The number of aromatic nitrogens is 3. The summed E-state index contributed by atoms with van der Waals surface area (Å²) >= 11 is 1.23. The number of thioether (sulfide) groups is 1. The van der Waals surface area contributed by atoms with Crippen molar-refractivity contribution in [3.05, 3.63) is 71.0 Å². The number of anilines is 1. The smallest absolute Gasteiger partial charge is 0.338 e. The summed E-state index contributed by atoms with van der Waals surface area (Å²) in [5.74, 6) is -0.102. The van der Waals surface area contributed by atoms with Gasteiger partial charge in [-0.1, -0.05) is 30.0 Å². The molecule has 0 fully saturated rings.